The number of hydrogen-bond acceptors (Lipinski definition) is 3. The molecule has 0 spiro atoms. The highest BCUT2D eigenvalue weighted by Gasteiger charge is 2.44. The standard InChI is InChI=1S/C14H29N.CHF3O3S/c1-4-5-6-7-8-9-11-15-12-10-13(2)14(15)3;2-1(3,4)8(5,6)7/h13-14H,4-12H2,1-3H3;(H,5,6,7). The molecule has 8 heteroatoms. The summed E-state index contributed by atoms with van der Waals surface area (Å²) >= 11 is 0. The fourth-order valence-corrected chi connectivity index (χ4v) is 2.58. The van der Waals surface area contributed by atoms with E-state index in [0.29, 0.717) is 0 Å². The lowest BCUT2D eigenvalue weighted by Gasteiger charge is -2.22. The summed E-state index contributed by atoms with van der Waals surface area (Å²) in [6.45, 7) is 9.77. The quantitative estimate of drug-likeness (QED) is 0.413. The molecule has 0 aliphatic carbocycles. The zero-order chi connectivity index (χ0) is 18.1. The van der Waals surface area contributed by atoms with Gasteiger partial charge in [0.05, 0.1) is 0 Å². The molecule has 0 amide bonds. The van der Waals surface area contributed by atoms with E-state index in [4.69, 9.17) is 13.0 Å². The average Bonchev–Trinajstić information content (AvgIpc) is 2.73. The molecule has 23 heavy (non-hydrogen) atoms. The van der Waals surface area contributed by atoms with Crippen molar-refractivity contribution < 1.29 is 26.1 Å². The predicted octanol–water partition coefficient (Wildman–Crippen LogP) is 4.47. The normalized spacial score (nSPS) is 22.7. The molecule has 0 aromatic heterocycles. The van der Waals surface area contributed by atoms with Gasteiger partial charge < -0.3 is 4.90 Å². The Hall–Kier alpha value is -0.340. The van der Waals surface area contributed by atoms with Gasteiger partial charge in [0.25, 0.3) is 0 Å². The third kappa shape index (κ3) is 9.52. The molecule has 1 heterocycles. The van der Waals surface area contributed by atoms with Crippen molar-refractivity contribution in [3.05, 3.63) is 0 Å². The van der Waals surface area contributed by atoms with E-state index in [1.165, 1.54) is 58.0 Å². The molecule has 140 valence electrons. The van der Waals surface area contributed by atoms with E-state index in [-0.39, 0.29) is 0 Å². The first-order valence-electron chi connectivity index (χ1n) is 8.28. The number of rotatable bonds is 7. The minimum Gasteiger partial charge on any atom is -0.300 e. The number of alkyl halides is 3. The number of halogens is 3. The lowest BCUT2D eigenvalue weighted by Crippen LogP contribution is -2.30. The molecule has 0 bridgehead atoms. The van der Waals surface area contributed by atoms with Gasteiger partial charge in [0.2, 0.25) is 0 Å². The van der Waals surface area contributed by atoms with Crippen LogP contribution in [0.25, 0.3) is 0 Å². The van der Waals surface area contributed by atoms with E-state index in [0.717, 1.165) is 12.0 Å². The first-order chi connectivity index (χ1) is 10.5. The third-order valence-electron chi connectivity index (χ3n) is 4.36. The van der Waals surface area contributed by atoms with Crippen molar-refractivity contribution >= 4 is 10.1 Å². The van der Waals surface area contributed by atoms with Crippen LogP contribution in [0, 0.1) is 5.92 Å². The van der Waals surface area contributed by atoms with Gasteiger partial charge in [-0.05, 0) is 38.8 Å². The Morgan fingerprint density at radius 2 is 1.57 bits per heavy atom. The summed E-state index contributed by atoms with van der Waals surface area (Å²) < 4.78 is 57.5. The van der Waals surface area contributed by atoms with E-state index < -0.39 is 15.6 Å². The van der Waals surface area contributed by atoms with E-state index in [9.17, 15) is 13.2 Å². The molecule has 0 aromatic rings. The fourth-order valence-electron chi connectivity index (χ4n) is 2.58. The van der Waals surface area contributed by atoms with Gasteiger partial charge in [0, 0.05) is 6.04 Å². The van der Waals surface area contributed by atoms with Crippen LogP contribution in [0.2, 0.25) is 0 Å². The van der Waals surface area contributed by atoms with Crippen LogP contribution in [-0.4, -0.2) is 42.5 Å². The molecule has 1 aliphatic rings. The first kappa shape index (κ1) is 22.7. The number of unbranched alkanes of at least 4 members (excludes halogenated alkanes) is 5. The van der Waals surface area contributed by atoms with Crippen LogP contribution < -0.4 is 0 Å². The summed E-state index contributed by atoms with van der Waals surface area (Å²) in [7, 11) is -5.84. The Kier molecular flexibility index (Phi) is 10.4. The molecular formula is C15H30F3NO3S. The molecule has 1 saturated heterocycles. The van der Waals surface area contributed by atoms with Crippen molar-refractivity contribution in [3.63, 3.8) is 0 Å². The second-order valence-corrected chi connectivity index (χ2v) is 7.64. The molecule has 4 nitrogen and oxygen atoms in total. The smallest absolute Gasteiger partial charge is 0.300 e. The Morgan fingerprint density at radius 1 is 1.09 bits per heavy atom. The van der Waals surface area contributed by atoms with Crippen LogP contribution >= 0.6 is 0 Å². The molecule has 0 radical (unpaired) electrons. The Morgan fingerprint density at radius 3 is 1.96 bits per heavy atom. The SMILES string of the molecule is CCCCCCCCN1CCC(C)C1C.O=S(=O)(O)C(F)(F)F. The first-order valence-corrected chi connectivity index (χ1v) is 9.72. The summed E-state index contributed by atoms with van der Waals surface area (Å²) in [5.41, 5.74) is -5.53. The van der Waals surface area contributed by atoms with Crippen molar-refractivity contribution in [3.8, 4) is 0 Å². The molecule has 0 aromatic carbocycles. The number of hydrogen-bond donors (Lipinski definition) is 1. The van der Waals surface area contributed by atoms with Gasteiger partial charge in [-0.25, -0.2) is 0 Å². The van der Waals surface area contributed by atoms with Gasteiger partial charge in [-0.1, -0.05) is 46.0 Å². The van der Waals surface area contributed by atoms with Crippen molar-refractivity contribution in [2.75, 3.05) is 13.1 Å². The zero-order valence-corrected chi connectivity index (χ0v) is 15.1. The van der Waals surface area contributed by atoms with Gasteiger partial charge in [0.15, 0.2) is 0 Å². The molecule has 2 atom stereocenters. The maximum atomic E-state index is 10.7. The van der Waals surface area contributed by atoms with E-state index in [1.54, 1.807) is 0 Å². The van der Waals surface area contributed by atoms with Crippen molar-refractivity contribution in [2.24, 2.45) is 5.92 Å². The van der Waals surface area contributed by atoms with Crippen molar-refractivity contribution in [2.45, 2.75) is 77.3 Å². The molecule has 1 fully saturated rings. The minimum atomic E-state index is -5.84. The molecule has 1 aliphatic heterocycles. The number of likely N-dealkylation sites (tertiary alicyclic amines) is 1. The minimum absolute atomic E-state index is 0.834. The van der Waals surface area contributed by atoms with Crippen LogP contribution in [0.5, 0.6) is 0 Å². The van der Waals surface area contributed by atoms with E-state index in [1.807, 2.05) is 0 Å². The predicted molar refractivity (Wildman–Crippen MR) is 85.8 cm³/mol. The van der Waals surface area contributed by atoms with Crippen LogP contribution in [0.4, 0.5) is 13.2 Å². The Labute approximate surface area is 138 Å². The van der Waals surface area contributed by atoms with Crippen LogP contribution in [0.1, 0.15) is 65.7 Å². The molecular weight excluding hydrogens is 331 g/mol. The second-order valence-electron chi connectivity index (χ2n) is 6.23. The molecule has 0 saturated carbocycles. The zero-order valence-electron chi connectivity index (χ0n) is 14.3. The maximum Gasteiger partial charge on any atom is 0.522 e. The monoisotopic (exact) mass is 361 g/mol. The van der Waals surface area contributed by atoms with Gasteiger partial charge >= 0.3 is 15.6 Å². The highest BCUT2D eigenvalue weighted by atomic mass is 32.2. The highest BCUT2D eigenvalue weighted by Crippen LogP contribution is 2.23. The van der Waals surface area contributed by atoms with Gasteiger partial charge in [0.1, 0.15) is 0 Å². The molecule has 2 unspecified atom stereocenters. The lowest BCUT2D eigenvalue weighted by atomic mass is 10.1. The molecule has 1 N–H and O–H groups in total. The topological polar surface area (TPSA) is 57.6 Å². The summed E-state index contributed by atoms with van der Waals surface area (Å²) in [5, 5.41) is 0. The van der Waals surface area contributed by atoms with Gasteiger partial charge in [-0.2, -0.15) is 21.6 Å². The van der Waals surface area contributed by atoms with Crippen LogP contribution in [0.3, 0.4) is 0 Å². The summed E-state index contributed by atoms with van der Waals surface area (Å²) in [4.78, 5) is 2.69. The van der Waals surface area contributed by atoms with Gasteiger partial charge in [-0.3, -0.25) is 4.55 Å². The maximum absolute atomic E-state index is 10.7. The fraction of sp³-hybridized carbons (Fsp3) is 1.00. The lowest BCUT2D eigenvalue weighted by molar-refractivity contribution is -0.0510. The van der Waals surface area contributed by atoms with E-state index >= 15 is 0 Å². The Balaban J connectivity index is 0.000000515. The Bertz CT molecular complexity index is 413. The second kappa shape index (κ2) is 10.5. The van der Waals surface area contributed by atoms with Crippen molar-refractivity contribution in [1.82, 2.24) is 4.90 Å². The van der Waals surface area contributed by atoms with Crippen molar-refractivity contribution in [1.29, 1.82) is 0 Å². The highest BCUT2D eigenvalue weighted by molar-refractivity contribution is 7.86. The summed E-state index contributed by atoms with van der Waals surface area (Å²) in [6, 6.07) is 0.834. The van der Waals surface area contributed by atoms with E-state index in [2.05, 4.69) is 25.7 Å². The summed E-state index contributed by atoms with van der Waals surface area (Å²) in [5.74, 6) is 0.921. The largest absolute Gasteiger partial charge is 0.522 e. The van der Waals surface area contributed by atoms with Gasteiger partial charge in [-0.15, -0.1) is 0 Å². The summed E-state index contributed by atoms with van der Waals surface area (Å²) in [6.07, 6.45) is 9.96. The average molecular weight is 361 g/mol. The number of nitrogens with zero attached hydrogens (tertiary/aromatic N) is 1. The molecule has 1 rings (SSSR count). The third-order valence-corrected chi connectivity index (χ3v) is 4.95. The van der Waals surface area contributed by atoms with Crippen LogP contribution in [-0.2, 0) is 10.1 Å². The van der Waals surface area contributed by atoms with Crippen LogP contribution in [0.15, 0.2) is 0 Å².